The number of imidazole rings is 1. The third-order valence-corrected chi connectivity index (χ3v) is 2.49. The highest BCUT2D eigenvalue weighted by molar-refractivity contribution is 9.10. The molecule has 0 aliphatic rings. The summed E-state index contributed by atoms with van der Waals surface area (Å²) in [4.78, 5) is 15.3. The van der Waals surface area contributed by atoms with Crippen LogP contribution in [0.25, 0.3) is 5.65 Å². The van der Waals surface area contributed by atoms with E-state index in [1.807, 2.05) is 16.8 Å². The van der Waals surface area contributed by atoms with E-state index in [0.717, 1.165) is 10.1 Å². The molecule has 2 rings (SSSR count). The van der Waals surface area contributed by atoms with E-state index in [4.69, 9.17) is 0 Å². The van der Waals surface area contributed by atoms with Gasteiger partial charge in [-0.3, -0.25) is 4.79 Å². The van der Waals surface area contributed by atoms with Crippen LogP contribution < -0.4 is 0 Å². The van der Waals surface area contributed by atoms with Crippen LogP contribution >= 0.6 is 15.9 Å². The fourth-order valence-corrected chi connectivity index (χ4v) is 1.82. The predicted molar refractivity (Wildman–Crippen MR) is 52.9 cm³/mol. The van der Waals surface area contributed by atoms with E-state index in [2.05, 4.69) is 20.9 Å². The van der Waals surface area contributed by atoms with Crippen molar-refractivity contribution < 1.29 is 4.79 Å². The van der Waals surface area contributed by atoms with Crippen molar-refractivity contribution in [1.82, 2.24) is 9.38 Å². The van der Waals surface area contributed by atoms with Gasteiger partial charge >= 0.3 is 0 Å². The molecule has 13 heavy (non-hydrogen) atoms. The first-order chi connectivity index (χ1) is 6.18. The van der Waals surface area contributed by atoms with Gasteiger partial charge in [0.05, 0.1) is 0 Å². The standard InChI is InChI=1S/C9H7BrN2O/c1-6(13)7-4-9-11-2-3-12(9)5-8(7)10/h2-5H,1H3. The van der Waals surface area contributed by atoms with Crippen molar-refractivity contribution in [2.24, 2.45) is 0 Å². The minimum atomic E-state index is 0.0392. The van der Waals surface area contributed by atoms with Crippen LogP contribution in [0.15, 0.2) is 29.1 Å². The summed E-state index contributed by atoms with van der Waals surface area (Å²) in [5.74, 6) is 0.0392. The predicted octanol–water partition coefficient (Wildman–Crippen LogP) is 2.30. The molecule has 0 saturated carbocycles. The lowest BCUT2D eigenvalue weighted by Crippen LogP contribution is -1.96. The molecular weight excluding hydrogens is 232 g/mol. The van der Waals surface area contributed by atoms with Crippen LogP contribution in [0.2, 0.25) is 0 Å². The molecule has 0 atom stereocenters. The molecule has 0 N–H and O–H groups in total. The molecule has 0 aliphatic heterocycles. The molecule has 2 aromatic rings. The summed E-state index contributed by atoms with van der Waals surface area (Å²) in [6.45, 7) is 1.54. The summed E-state index contributed by atoms with van der Waals surface area (Å²) in [5, 5.41) is 0. The number of halogens is 1. The van der Waals surface area contributed by atoms with Crippen molar-refractivity contribution in [2.75, 3.05) is 0 Å². The lowest BCUT2D eigenvalue weighted by molar-refractivity contribution is 0.101. The summed E-state index contributed by atoms with van der Waals surface area (Å²) in [5.41, 5.74) is 1.45. The van der Waals surface area contributed by atoms with Gasteiger partial charge in [0.2, 0.25) is 0 Å². The van der Waals surface area contributed by atoms with Crippen LogP contribution in [0.5, 0.6) is 0 Å². The number of pyridine rings is 1. The number of carbonyl (C=O) groups excluding carboxylic acids is 1. The Kier molecular flexibility index (Phi) is 1.92. The zero-order valence-electron chi connectivity index (χ0n) is 6.99. The monoisotopic (exact) mass is 238 g/mol. The second kappa shape index (κ2) is 2.96. The number of hydrogen-bond acceptors (Lipinski definition) is 2. The van der Waals surface area contributed by atoms with E-state index in [0.29, 0.717) is 5.56 Å². The van der Waals surface area contributed by atoms with Crippen molar-refractivity contribution in [3.05, 3.63) is 34.7 Å². The number of Topliss-reactive ketones (excluding diaryl/α,β-unsaturated/α-hetero) is 1. The lowest BCUT2D eigenvalue weighted by atomic mass is 10.2. The van der Waals surface area contributed by atoms with E-state index in [9.17, 15) is 4.79 Å². The first kappa shape index (κ1) is 8.44. The Morgan fingerprint density at radius 1 is 1.62 bits per heavy atom. The van der Waals surface area contributed by atoms with E-state index >= 15 is 0 Å². The van der Waals surface area contributed by atoms with E-state index in [1.54, 1.807) is 19.2 Å². The Balaban J connectivity index is 2.76. The molecule has 66 valence electrons. The number of hydrogen-bond donors (Lipinski definition) is 0. The largest absolute Gasteiger partial charge is 0.306 e. The van der Waals surface area contributed by atoms with Crippen LogP contribution in [-0.4, -0.2) is 15.2 Å². The fourth-order valence-electron chi connectivity index (χ4n) is 1.21. The molecular formula is C9H7BrN2O. The molecule has 0 bridgehead atoms. The second-order valence-electron chi connectivity index (χ2n) is 2.78. The lowest BCUT2D eigenvalue weighted by Gasteiger charge is -2.00. The molecule has 0 amide bonds. The van der Waals surface area contributed by atoms with Gasteiger partial charge in [0.1, 0.15) is 5.65 Å². The van der Waals surface area contributed by atoms with Gasteiger partial charge in [-0.05, 0) is 28.9 Å². The molecule has 0 radical (unpaired) electrons. The average Bonchev–Trinajstić information content (AvgIpc) is 2.48. The SMILES string of the molecule is CC(=O)c1cc2nccn2cc1Br. The number of rotatable bonds is 1. The van der Waals surface area contributed by atoms with Crippen LogP contribution in [-0.2, 0) is 0 Å². The molecule has 4 heteroatoms. The third kappa shape index (κ3) is 1.37. The fraction of sp³-hybridized carbons (Fsp3) is 0.111. The van der Waals surface area contributed by atoms with Gasteiger partial charge in [0.25, 0.3) is 0 Å². The Labute approximate surface area is 83.5 Å². The molecule has 2 heterocycles. The van der Waals surface area contributed by atoms with Gasteiger partial charge in [-0.25, -0.2) is 4.98 Å². The number of fused-ring (bicyclic) bond motifs is 1. The third-order valence-electron chi connectivity index (χ3n) is 1.86. The van der Waals surface area contributed by atoms with Crippen molar-refractivity contribution in [2.45, 2.75) is 6.92 Å². The topological polar surface area (TPSA) is 34.4 Å². The van der Waals surface area contributed by atoms with Crippen molar-refractivity contribution in [1.29, 1.82) is 0 Å². The first-order valence-electron chi connectivity index (χ1n) is 3.81. The van der Waals surface area contributed by atoms with E-state index in [-0.39, 0.29) is 5.78 Å². The number of nitrogens with zero attached hydrogens (tertiary/aromatic N) is 2. The van der Waals surface area contributed by atoms with Crippen molar-refractivity contribution in [3.63, 3.8) is 0 Å². The molecule has 0 unspecified atom stereocenters. The maximum atomic E-state index is 11.2. The van der Waals surface area contributed by atoms with E-state index in [1.165, 1.54) is 0 Å². The number of ketones is 1. The molecule has 0 spiro atoms. The minimum Gasteiger partial charge on any atom is -0.306 e. The Morgan fingerprint density at radius 3 is 3.08 bits per heavy atom. The van der Waals surface area contributed by atoms with Crippen molar-refractivity contribution >= 4 is 27.4 Å². The smallest absolute Gasteiger partial charge is 0.161 e. The second-order valence-corrected chi connectivity index (χ2v) is 3.64. The minimum absolute atomic E-state index is 0.0392. The summed E-state index contributed by atoms with van der Waals surface area (Å²) in [7, 11) is 0. The van der Waals surface area contributed by atoms with Crippen LogP contribution in [0.3, 0.4) is 0 Å². The average molecular weight is 239 g/mol. The van der Waals surface area contributed by atoms with Gasteiger partial charge in [0, 0.05) is 28.6 Å². The van der Waals surface area contributed by atoms with Gasteiger partial charge in [0.15, 0.2) is 5.78 Å². The normalized spacial score (nSPS) is 10.6. The molecule has 3 nitrogen and oxygen atoms in total. The first-order valence-corrected chi connectivity index (χ1v) is 4.61. The molecule has 0 saturated heterocycles. The van der Waals surface area contributed by atoms with Gasteiger partial charge < -0.3 is 4.40 Å². The van der Waals surface area contributed by atoms with Crippen LogP contribution in [0.4, 0.5) is 0 Å². The highest BCUT2D eigenvalue weighted by atomic mass is 79.9. The van der Waals surface area contributed by atoms with Crippen LogP contribution in [0, 0.1) is 0 Å². The molecule has 0 aliphatic carbocycles. The molecule has 0 fully saturated rings. The quantitative estimate of drug-likeness (QED) is 0.715. The maximum absolute atomic E-state index is 11.2. The highest BCUT2D eigenvalue weighted by Crippen LogP contribution is 2.18. The number of aromatic nitrogens is 2. The molecule has 0 aromatic carbocycles. The summed E-state index contributed by atoms with van der Waals surface area (Å²) >= 11 is 3.33. The van der Waals surface area contributed by atoms with Gasteiger partial charge in [-0.1, -0.05) is 0 Å². The van der Waals surface area contributed by atoms with Gasteiger partial charge in [-0.15, -0.1) is 0 Å². The van der Waals surface area contributed by atoms with E-state index < -0.39 is 0 Å². The molecule has 2 aromatic heterocycles. The summed E-state index contributed by atoms with van der Waals surface area (Å²) in [6.07, 6.45) is 5.37. The highest BCUT2D eigenvalue weighted by Gasteiger charge is 2.06. The zero-order valence-corrected chi connectivity index (χ0v) is 8.58. The zero-order chi connectivity index (χ0) is 9.42. The van der Waals surface area contributed by atoms with Crippen LogP contribution in [0.1, 0.15) is 17.3 Å². The summed E-state index contributed by atoms with van der Waals surface area (Å²) < 4.78 is 2.65. The maximum Gasteiger partial charge on any atom is 0.161 e. The number of carbonyl (C=O) groups is 1. The Morgan fingerprint density at radius 2 is 2.38 bits per heavy atom. The van der Waals surface area contributed by atoms with Crippen molar-refractivity contribution in [3.8, 4) is 0 Å². The Bertz CT molecular complexity index is 475. The Hall–Kier alpha value is -1.16. The van der Waals surface area contributed by atoms with Gasteiger partial charge in [-0.2, -0.15) is 0 Å². The summed E-state index contributed by atoms with van der Waals surface area (Å²) in [6, 6.07) is 1.77.